The quantitative estimate of drug-likeness (QED) is 0.764. The third kappa shape index (κ3) is 2.51. The number of amides is 1. The van der Waals surface area contributed by atoms with Crippen LogP contribution < -0.4 is 10.6 Å². The molecule has 3 rings (SSSR count). The average Bonchev–Trinajstić information content (AvgIpc) is 2.83. The Morgan fingerprint density at radius 1 is 1.32 bits per heavy atom. The van der Waals surface area contributed by atoms with Gasteiger partial charge in [0, 0.05) is 23.9 Å². The van der Waals surface area contributed by atoms with E-state index in [2.05, 4.69) is 20.8 Å². The third-order valence-electron chi connectivity index (χ3n) is 3.30. The van der Waals surface area contributed by atoms with Gasteiger partial charge < -0.3 is 10.6 Å². The van der Waals surface area contributed by atoms with Gasteiger partial charge in [0.05, 0.1) is 0 Å². The summed E-state index contributed by atoms with van der Waals surface area (Å²) in [7, 11) is 0. The fourth-order valence-corrected chi connectivity index (χ4v) is 2.29. The van der Waals surface area contributed by atoms with Gasteiger partial charge >= 0.3 is 0 Å². The van der Waals surface area contributed by atoms with Crippen molar-refractivity contribution in [2.75, 3.05) is 11.9 Å². The fraction of sp³-hybridized carbons (Fsp3) is 0.286. The third-order valence-corrected chi connectivity index (χ3v) is 3.30. The van der Waals surface area contributed by atoms with Gasteiger partial charge in [0.25, 0.3) is 5.91 Å². The zero-order chi connectivity index (χ0) is 13.2. The second-order valence-corrected chi connectivity index (χ2v) is 4.80. The Morgan fingerprint density at radius 3 is 3.00 bits per heavy atom. The Kier molecular flexibility index (Phi) is 3.05. The van der Waals surface area contributed by atoms with E-state index in [-0.39, 0.29) is 5.91 Å². The maximum atomic E-state index is 12.1. The minimum atomic E-state index is -0.125. The molecule has 5 heteroatoms. The maximum absolute atomic E-state index is 12.1. The van der Waals surface area contributed by atoms with Crippen LogP contribution in [0.1, 0.15) is 27.2 Å². The average molecular weight is 256 g/mol. The minimum absolute atomic E-state index is 0.125. The van der Waals surface area contributed by atoms with Gasteiger partial charge in [-0.05, 0) is 43.1 Å². The van der Waals surface area contributed by atoms with Crippen molar-refractivity contribution in [1.82, 2.24) is 15.5 Å². The van der Waals surface area contributed by atoms with Crippen molar-refractivity contribution in [3.05, 3.63) is 46.6 Å². The van der Waals surface area contributed by atoms with E-state index < -0.39 is 0 Å². The van der Waals surface area contributed by atoms with Crippen molar-refractivity contribution < 1.29 is 4.79 Å². The molecule has 0 spiro atoms. The summed E-state index contributed by atoms with van der Waals surface area (Å²) >= 11 is 0. The van der Waals surface area contributed by atoms with Gasteiger partial charge in [-0.2, -0.15) is 5.10 Å². The topological polar surface area (TPSA) is 69.8 Å². The van der Waals surface area contributed by atoms with Crippen LogP contribution in [-0.2, 0) is 13.0 Å². The van der Waals surface area contributed by atoms with Gasteiger partial charge in [-0.15, -0.1) is 0 Å². The first-order valence-electron chi connectivity index (χ1n) is 6.38. The molecule has 5 nitrogen and oxygen atoms in total. The highest BCUT2D eigenvalue weighted by molar-refractivity contribution is 6.03. The van der Waals surface area contributed by atoms with Crippen molar-refractivity contribution in [3.8, 4) is 0 Å². The SMILES string of the molecule is Cc1cc(NC(=O)c2ccc3c(c2)CNCC3)n[nH]1. The van der Waals surface area contributed by atoms with Gasteiger partial charge in [0.15, 0.2) is 5.82 Å². The zero-order valence-electron chi connectivity index (χ0n) is 10.8. The smallest absolute Gasteiger partial charge is 0.256 e. The second-order valence-electron chi connectivity index (χ2n) is 4.80. The van der Waals surface area contributed by atoms with E-state index in [1.165, 1.54) is 11.1 Å². The van der Waals surface area contributed by atoms with Crippen molar-refractivity contribution >= 4 is 11.7 Å². The van der Waals surface area contributed by atoms with E-state index in [1.54, 1.807) is 6.07 Å². The number of nitrogens with zero attached hydrogens (tertiary/aromatic N) is 1. The fourth-order valence-electron chi connectivity index (χ4n) is 2.29. The highest BCUT2D eigenvalue weighted by Crippen LogP contribution is 2.17. The number of rotatable bonds is 2. The Hall–Kier alpha value is -2.14. The highest BCUT2D eigenvalue weighted by Gasteiger charge is 2.13. The molecule has 0 saturated carbocycles. The molecule has 3 N–H and O–H groups in total. The number of hydrogen-bond acceptors (Lipinski definition) is 3. The summed E-state index contributed by atoms with van der Waals surface area (Å²) in [4.78, 5) is 12.1. The zero-order valence-corrected chi connectivity index (χ0v) is 10.8. The molecule has 0 bridgehead atoms. The molecule has 1 aromatic carbocycles. The molecular weight excluding hydrogens is 240 g/mol. The molecule has 1 aromatic heterocycles. The Morgan fingerprint density at radius 2 is 2.21 bits per heavy atom. The number of hydrogen-bond donors (Lipinski definition) is 3. The predicted octanol–water partition coefficient (Wildman–Crippen LogP) is 1.62. The lowest BCUT2D eigenvalue weighted by Crippen LogP contribution is -2.24. The van der Waals surface area contributed by atoms with Crippen molar-refractivity contribution in [2.24, 2.45) is 0 Å². The van der Waals surface area contributed by atoms with Crippen molar-refractivity contribution in [1.29, 1.82) is 0 Å². The number of anilines is 1. The van der Waals surface area contributed by atoms with Gasteiger partial charge in [0.1, 0.15) is 0 Å². The van der Waals surface area contributed by atoms with Crippen LogP contribution in [0.4, 0.5) is 5.82 Å². The molecule has 0 unspecified atom stereocenters. The van der Waals surface area contributed by atoms with E-state index in [0.717, 1.165) is 25.2 Å². The summed E-state index contributed by atoms with van der Waals surface area (Å²) < 4.78 is 0. The number of fused-ring (bicyclic) bond motifs is 1. The molecule has 0 fully saturated rings. The van der Waals surface area contributed by atoms with Crippen molar-refractivity contribution in [2.45, 2.75) is 19.9 Å². The molecule has 19 heavy (non-hydrogen) atoms. The number of aromatic nitrogens is 2. The number of H-pyrrole nitrogens is 1. The molecule has 0 aliphatic carbocycles. The number of aryl methyl sites for hydroxylation is 1. The van der Waals surface area contributed by atoms with Crippen LogP contribution in [0, 0.1) is 6.92 Å². The van der Waals surface area contributed by atoms with Gasteiger partial charge in [0.2, 0.25) is 0 Å². The summed E-state index contributed by atoms with van der Waals surface area (Å²) in [6.07, 6.45) is 1.02. The van der Waals surface area contributed by atoms with Crippen LogP contribution in [0.5, 0.6) is 0 Å². The number of carbonyl (C=O) groups is 1. The van der Waals surface area contributed by atoms with Crippen LogP contribution in [0.25, 0.3) is 0 Å². The number of carbonyl (C=O) groups excluding carboxylic acids is 1. The number of benzene rings is 1. The minimum Gasteiger partial charge on any atom is -0.312 e. The summed E-state index contributed by atoms with van der Waals surface area (Å²) in [6, 6.07) is 7.67. The van der Waals surface area contributed by atoms with Crippen LogP contribution in [-0.4, -0.2) is 22.6 Å². The first-order chi connectivity index (χ1) is 9.22. The summed E-state index contributed by atoms with van der Waals surface area (Å²) in [5.74, 6) is 0.429. The molecule has 2 aromatic rings. The summed E-state index contributed by atoms with van der Waals surface area (Å²) in [5, 5.41) is 12.9. The van der Waals surface area contributed by atoms with E-state index >= 15 is 0 Å². The van der Waals surface area contributed by atoms with Crippen LogP contribution in [0.3, 0.4) is 0 Å². The molecule has 1 amide bonds. The Labute approximate surface area is 111 Å². The largest absolute Gasteiger partial charge is 0.312 e. The predicted molar refractivity (Wildman–Crippen MR) is 73.1 cm³/mol. The van der Waals surface area contributed by atoms with Crippen LogP contribution >= 0.6 is 0 Å². The molecule has 1 aliphatic rings. The Balaban J connectivity index is 1.80. The molecule has 0 saturated heterocycles. The first-order valence-corrected chi connectivity index (χ1v) is 6.38. The van der Waals surface area contributed by atoms with Crippen LogP contribution in [0.2, 0.25) is 0 Å². The van der Waals surface area contributed by atoms with Gasteiger partial charge in [-0.25, -0.2) is 0 Å². The summed E-state index contributed by atoms with van der Waals surface area (Å²) in [6.45, 7) is 3.73. The van der Waals surface area contributed by atoms with Gasteiger partial charge in [-0.1, -0.05) is 6.07 Å². The molecule has 0 radical (unpaired) electrons. The molecule has 0 atom stereocenters. The lowest BCUT2D eigenvalue weighted by molar-refractivity contribution is 0.102. The van der Waals surface area contributed by atoms with E-state index in [9.17, 15) is 4.79 Å². The highest BCUT2D eigenvalue weighted by atomic mass is 16.1. The molecule has 1 aliphatic heterocycles. The standard InChI is InChI=1S/C14H16N4O/c1-9-6-13(18-17-9)16-14(19)11-3-2-10-4-5-15-8-12(10)7-11/h2-3,6-7,15H,4-5,8H2,1H3,(H2,16,17,18,19). The van der Waals surface area contributed by atoms with E-state index in [4.69, 9.17) is 0 Å². The normalized spacial score (nSPS) is 13.9. The van der Waals surface area contributed by atoms with Crippen LogP contribution in [0.15, 0.2) is 24.3 Å². The van der Waals surface area contributed by atoms with Gasteiger partial charge in [-0.3, -0.25) is 9.89 Å². The molecular formula is C14H16N4O. The molecule has 2 heterocycles. The maximum Gasteiger partial charge on any atom is 0.256 e. The number of nitrogens with one attached hydrogen (secondary N) is 3. The van der Waals surface area contributed by atoms with E-state index in [1.807, 2.05) is 25.1 Å². The number of aromatic amines is 1. The first kappa shape index (κ1) is 11.9. The monoisotopic (exact) mass is 256 g/mol. The lowest BCUT2D eigenvalue weighted by Gasteiger charge is -2.17. The summed E-state index contributed by atoms with van der Waals surface area (Å²) in [5.41, 5.74) is 4.12. The Bertz CT molecular complexity index is 618. The van der Waals surface area contributed by atoms with E-state index in [0.29, 0.717) is 11.4 Å². The second kappa shape index (κ2) is 4.85. The lowest BCUT2D eigenvalue weighted by atomic mass is 9.98. The molecule has 98 valence electrons. The van der Waals surface area contributed by atoms with Crippen molar-refractivity contribution in [3.63, 3.8) is 0 Å².